The summed E-state index contributed by atoms with van der Waals surface area (Å²) < 4.78 is 0. The second-order valence-electron chi connectivity index (χ2n) is 6.66. The Morgan fingerprint density at radius 3 is 2.33 bits per heavy atom. The number of nitrogens with one attached hydrogen (secondary N) is 1. The zero-order chi connectivity index (χ0) is 19.6. The molecule has 27 heavy (non-hydrogen) atoms. The van der Waals surface area contributed by atoms with Crippen LogP contribution in [-0.4, -0.2) is 15.1 Å². The number of aliphatic hydroxyl groups is 1. The number of halogens is 2. The van der Waals surface area contributed by atoms with Crippen LogP contribution >= 0.6 is 35.0 Å². The van der Waals surface area contributed by atoms with Crippen LogP contribution in [0.4, 0.5) is 5.69 Å². The molecule has 4 N–H and O–H groups in total. The van der Waals surface area contributed by atoms with Crippen molar-refractivity contribution >= 4 is 40.7 Å². The lowest BCUT2D eigenvalue weighted by molar-refractivity contribution is 0.169. The lowest BCUT2D eigenvalue weighted by atomic mass is 10.1. The van der Waals surface area contributed by atoms with Gasteiger partial charge in [-0.3, -0.25) is 0 Å². The SMILES string of the molecule is CC(C)c1[nH]c(C(O)Cc2ccc(N)cc2)nc1Sc1cc(Cl)cc(Cl)c1. The number of nitrogens with two attached hydrogens (primary N) is 1. The standard InChI is InChI=1S/C20H21Cl2N3OS/c1-11(2)18-20(27-16-9-13(21)8-14(22)10-16)25-19(24-18)17(26)7-12-3-5-15(23)6-4-12/h3-6,8-11,17,26H,7,23H2,1-2H3,(H,24,25). The molecule has 7 heteroatoms. The Hall–Kier alpha value is -1.66. The molecule has 2 aromatic carbocycles. The van der Waals surface area contributed by atoms with Gasteiger partial charge in [0.2, 0.25) is 0 Å². The number of hydrogen-bond acceptors (Lipinski definition) is 4. The number of benzene rings is 2. The highest BCUT2D eigenvalue weighted by Crippen LogP contribution is 2.36. The minimum absolute atomic E-state index is 0.229. The molecule has 0 saturated carbocycles. The van der Waals surface area contributed by atoms with Gasteiger partial charge in [-0.25, -0.2) is 4.98 Å². The van der Waals surface area contributed by atoms with Crippen molar-refractivity contribution in [2.75, 3.05) is 5.73 Å². The highest BCUT2D eigenvalue weighted by molar-refractivity contribution is 7.99. The van der Waals surface area contributed by atoms with Gasteiger partial charge in [-0.2, -0.15) is 0 Å². The molecule has 1 atom stereocenters. The third-order valence-corrected chi connectivity index (χ3v) is 5.48. The van der Waals surface area contributed by atoms with Gasteiger partial charge < -0.3 is 15.8 Å². The van der Waals surface area contributed by atoms with E-state index in [1.165, 1.54) is 11.8 Å². The van der Waals surface area contributed by atoms with Crippen LogP contribution < -0.4 is 5.73 Å². The lowest BCUT2D eigenvalue weighted by Crippen LogP contribution is -2.04. The van der Waals surface area contributed by atoms with Crippen molar-refractivity contribution in [3.8, 4) is 0 Å². The molecule has 3 rings (SSSR count). The van der Waals surface area contributed by atoms with Gasteiger partial charge in [0.1, 0.15) is 17.0 Å². The molecule has 142 valence electrons. The highest BCUT2D eigenvalue weighted by atomic mass is 35.5. The minimum atomic E-state index is -0.733. The van der Waals surface area contributed by atoms with Crippen LogP contribution in [0.2, 0.25) is 10.0 Å². The summed E-state index contributed by atoms with van der Waals surface area (Å²) in [6, 6.07) is 12.9. The summed E-state index contributed by atoms with van der Waals surface area (Å²) in [6.07, 6.45) is -0.276. The Morgan fingerprint density at radius 2 is 1.74 bits per heavy atom. The summed E-state index contributed by atoms with van der Waals surface area (Å²) >= 11 is 13.7. The van der Waals surface area contributed by atoms with Crippen molar-refractivity contribution in [2.24, 2.45) is 0 Å². The van der Waals surface area contributed by atoms with E-state index in [2.05, 4.69) is 23.8 Å². The summed E-state index contributed by atoms with van der Waals surface area (Å²) in [7, 11) is 0. The van der Waals surface area contributed by atoms with E-state index in [4.69, 9.17) is 28.9 Å². The fourth-order valence-electron chi connectivity index (χ4n) is 2.69. The van der Waals surface area contributed by atoms with Gasteiger partial charge in [0.15, 0.2) is 0 Å². The van der Waals surface area contributed by atoms with Gasteiger partial charge >= 0.3 is 0 Å². The predicted octanol–water partition coefficient (Wildman–Crippen LogP) is 5.85. The molecule has 3 aromatic rings. The minimum Gasteiger partial charge on any atom is -0.399 e. The number of imidazole rings is 1. The second-order valence-corrected chi connectivity index (χ2v) is 8.60. The molecule has 0 aliphatic heterocycles. The number of aromatic nitrogens is 2. The maximum atomic E-state index is 10.6. The topological polar surface area (TPSA) is 74.9 Å². The maximum absolute atomic E-state index is 10.6. The molecule has 1 heterocycles. The number of aromatic amines is 1. The Labute approximate surface area is 173 Å². The summed E-state index contributed by atoms with van der Waals surface area (Å²) in [6.45, 7) is 4.16. The van der Waals surface area contributed by atoms with E-state index < -0.39 is 6.10 Å². The van der Waals surface area contributed by atoms with Gasteiger partial charge in [-0.05, 0) is 41.8 Å². The van der Waals surface area contributed by atoms with Crippen molar-refractivity contribution in [1.29, 1.82) is 0 Å². The molecular formula is C20H21Cl2N3OS. The smallest absolute Gasteiger partial charge is 0.136 e. The molecule has 0 saturated heterocycles. The fraction of sp³-hybridized carbons (Fsp3) is 0.250. The van der Waals surface area contributed by atoms with Crippen LogP contribution in [0.25, 0.3) is 0 Å². The van der Waals surface area contributed by atoms with Crippen LogP contribution in [0, 0.1) is 0 Å². The molecule has 1 unspecified atom stereocenters. The maximum Gasteiger partial charge on any atom is 0.136 e. The Morgan fingerprint density at radius 1 is 1.11 bits per heavy atom. The number of nitrogens with zero attached hydrogens (tertiary/aromatic N) is 1. The van der Waals surface area contributed by atoms with E-state index in [9.17, 15) is 5.11 Å². The molecule has 0 aliphatic carbocycles. The molecule has 0 aliphatic rings. The Bertz CT molecular complexity index is 905. The molecule has 0 fully saturated rings. The first-order valence-electron chi connectivity index (χ1n) is 8.58. The summed E-state index contributed by atoms with van der Waals surface area (Å²) in [4.78, 5) is 8.84. The van der Waals surface area contributed by atoms with Crippen LogP contribution in [-0.2, 0) is 6.42 Å². The molecular weight excluding hydrogens is 401 g/mol. The lowest BCUT2D eigenvalue weighted by Gasteiger charge is -2.08. The van der Waals surface area contributed by atoms with Crippen molar-refractivity contribution in [3.63, 3.8) is 0 Å². The van der Waals surface area contributed by atoms with Crippen LogP contribution in [0.15, 0.2) is 52.4 Å². The monoisotopic (exact) mass is 421 g/mol. The Kier molecular flexibility index (Phi) is 6.37. The Balaban J connectivity index is 1.84. The average molecular weight is 422 g/mol. The zero-order valence-electron chi connectivity index (χ0n) is 15.0. The van der Waals surface area contributed by atoms with Gasteiger partial charge in [0, 0.05) is 27.0 Å². The first-order chi connectivity index (χ1) is 12.8. The molecule has 0 radical (unpaired) electrons. The van der Waals surface area contributed by atoms with E-state index >= 15 is 0 Å². The number of anilines is 1. The van der Waals surface area contributed by atoms with Gasteiger partial charge in [0.25, 0.3) is 0 Å². The number of nitrogen functional groups attached to an aromatic ring is 1. The van der Waals surface area contributed by atoms with Gasteiger partial charge in [0.05, 0.1) is 5.69 Å². The quantitative estimate of drug-likeness (QED) is 0.436. The molecule has 0 spiro atoms. The second kappa shape index (κ2) is 8.57. The summed E-state index contributed by atoms with van der Waals surface area (Å²) in [5, 5.41) is 12.6. The number of rotatable bonds is 6. The van der Waals surface area contributed by atoms with Gasteiger partial charge in [-0.15, -0.1) is 0 Å². The summed E-state index contributed by atoms with van der Waals surface area (Å²) in [5.74, 6) is 0.776. The van der Waals surface area contributed by atoms with Crippen LogP contribution in [0.1, 0.15) is 43.0 Å². The van der Waals surface area contributed by atoms with Crippen molar-refractivity contribution in [3.05, 3.63) is 69.6 Å². The summed E-state index contributed by atoms with van der Waals surface area (Å²) in [5.41, 5.74) is 8.39. The number of hydrogen-bond donors (Lipinski definition) is 3. The third kappa shape index (κ3) is 5.20. The van der Waals surface area contributed by atoms with Crippen molar-refractivity contribution in [1.82, 2.24) is 9.97 Å². The first-order valence-corrected chi connectivity index (χ1v) is 10.1. The van der Waals surface area contributed by atoms with Crippen molar-refractivity contribution in [2.45, 2.75) is 42.2 Å². The third-order valence-electron chi connectivity index (χ3n) is 4.07. The van der Waals surface area contributed by atoms with Crippen molar-refractivity contribution < 1.29 is 5.11 Å². The van der Waals surface area contributed by atoms with E-state index in [-0.39, 0.29) is 5.92 Å². The average Bonchev–Trinajstić information content (AvgIpc) is 3.00. The van der Waals surface area contributed by atoms with E-state index in [0.717, 1.165) is 21.2 Å². The predicted molar refractivity (Wildman–Crippen MR) is 113 cm³/mol. The van der Waals surface area contributed by atoms with E-state index in [1.54, 1.807) is 6.07 Å². The van der Waals surface area contributed by atoms with E-state index in [0.29, 0.717) is 28.0 Å². The van der Waals surface area contributed by atoms with Gasteiger partial charge in [-0.1, -0.05) is 60.9 Å². The largest absolute Gasteiger partial charge is 0.399 e. The molecule has 4 nitrogen and oxygen atoms in total. The zero-order valence-corrected chi connectivity index (χ0v) is 17.4. The normalized spacial score (nSPS) is 12.5. The van der Waals surface area contributed by atoms with E-state index in [1.807, 2.05) is 36.4 Å². The number of H-pyrrole nitrogens is 1. The first kappa shape index (κ1) is 20.1. The molecule has 0 amide bonds. The fourth-order valence-corrected chi connectivity index (χ4v) is 4.48. The molecule has 0 bridgehead atoms. The molecule has 1 aromatic heterocycles. The van der Waals surface area contributed by atoms with Crippen LogP contribution in [0.5, 0.6) is 0 Å². The highest BCUT2D eigenvalue weighted by Gasteiger charge is 2.20. The van der Waals surface area contributed by atoms with Crippen LogP contribution in [0.3, 0.4) is 0 Å². The number of aliphatic hydroxyl groups excluding tert-OH is 1.